The molecule has 0 saturated carbocycles. The Labute approximate surface area is 155 Å². The summed E-state index contributed by atoms with van der Waals surface area (Å²) in [6.45, 7) is 4.24. The third-order valence-corrected chi connectivity index (χ3v) is 5.33. The first-order valence-electron chi connectivity index (χ1n) is 9.44. The molecular formula is C22H25N3O. The van der Waals surface area contributed by atoms with E-state index in [1.807, 2.05) is 18.2 Å². The quantitative estimate of drug-likeness (QED) is 0.844. The normalized spacial score (nSPS) is 20.4. The van der Waals surface area contributed by atoms with Crippen LogP contribution in [0, 0.1) is 6.92 Å². The fourth-order valence-electron chi connectivity index (χ4n) is 4.00. The number of carbonyl (C=O) groups is 1. The summed E-state index contributed by atoms with van der Waals surface area (Å²) in [5.74, 6) is 0.107. The summed E-state index contributed by atoms with van der Waals surface area (Å²) in [5, 5.41) is 6.25. The molecule has 0 aliphatic carbocycles. The van der Waals surface area contributed by atoms with E-state index in [-0.39, 0.29) is 5.91 Å². The lowest BCUT2D eigenvalue weighted by atomic mass is 10.0. The number of rotatable bonds is 4. The van der Waals surface area contributed by atoms with Crippen LogP contribution in [0.25, 0.3) is 0 Å². The van der Waals surface area contributed by atoms with Crippen molar-refractivity contribution in [1.82, 2.24) is 9.91 Å². The highest BCUT2D eigenvalue weighted by atomic mass is 16.2. The Kier molecular flexibility index (Phi) is 4.85. The van der Waals surface area contributed by atoms with Gasteiger partial charge in [0.15, 0.2) is 0 Å². The Morgan fingerprint density at radius 2 is 1.96 bits per heavy atom. The van der Waals surface area contributed by atoms with Gasteiger partial charge in [-0.2, -0.15) is 5.10 Å². The van der Waals surface area contributed by atoms with Crippen LogP contribution >= 0.6 is 0 Å². The van der Waals surface area contributed by atoms with Crippen LogP contribution in [0.4, 0.5) is 0 Å². The fourth-order valence-corrected chi connectivity index (χ4v) is 4.00. The number of likely N-dealkylation sites (tertiary alicyclic amines) is 1. The first-order valence-corrected chi connectivity index (χ1v) is 9.44. The molecule has 1 saturated heterocycles. The molecule has 26 heavy (non-hydrogen) atoms. The number of nitrogens with zero attached hydrogens (tertiary/aromatic N) is 3. The molecule has 4 heteroatoms. The van der Waals surface area contributed by atoms with Gasteiger partial charge in [-0.25, -0.2) is 5.01 Å². The van der Waals surface area contributed by atoms with Gasteiger partial charge in [-0.3, -0.25) is 9.69 Å². The lowest BCUT2D eigenvalue weighted by molar-refractivity contribution is -0.132. The maximum atomic E-state index is 12.8. The van der Waals surface area contributed by atoms with Crippen molar-refractivity contribution in [2.45, 2.75) is 32.2 Å². The summed E-state index contributed by atoms with van der Waals surface area (Å²) in [7, 11) is 0. The van der Waals surface area contributed by atoms with Gasteiger partial charge in [0, 0.05) is 12.5 Å². The molecule has 0 radical (unpaired) electrons. The van der Waals surface area contributed by atoms with Crippen molar-refractivity contribution >= 4 is 11.6 Å². The summed E-state index contributed by atoms with van der Waals surface area (Å²) in [5.41, 5.74) is 4.72. The highest BCUT2D eigenvalue weighted by Crippen LogP contribution is 2.32. The van der Waals surface area contributed by atoms with Gasteiger partial charge in [0.1, 0.15) is 0 Å². The van der Waals surface area contributed by atoms with Crippen LogP contribution in [-0.4, -0.2) is 41.2 Å². The van der Waals surface area contributed by atoms with Crippen LogP contribution in [0.1, 0.15) is 42.0 Å². The van der Waals surface area contributed by atoms with Gasteiger partial charge >= 0.3 is 0 Å². The van der Waals surface area contributed by atoms with Gasteiger partial charge in [0.2, 0.25) is 0 Å². The van der Waals surface area contributed by atoms with Crippen molar-refractivity contribution in [2.75, 3.05) is 19.6 Å². The van der Waals surface area contributed by atoms with E-state index in [1.165, 1.54) is 11.1 Å². The largest absolute Gasteiger partial charge is 0.287 e. The molecular weight excluding hydrogens is 322 g/mol. The molecule has 2 aromatic carbocycles. The first kappa shape index (κ1) is 17.0. The molecule has 0 unspecified atom stereocenters. The smallest absolute Gasteiger partial charge is 0.256 e. The van der Waals surface area contributed by atoms with Crippen LogP contribution in [0.2, 0.25) is 0 Å². The molecule has 1 fully saturated rings. The molecule has 1 amide bonds. The minimum absolute atomic E-state index is 0.107. The lowest BCUT2D eigenvalue weighted by Crippen LogP contribution is -2.36. The Morgan fingerprint density at radius 1 is 1.12 bits per heavy atom. The Morgan fingerprint density at radius 3 is 2.77 bits per heavy atom. The summed E-state index contributed by atoms with van der Waals surface area (Å²) in [4.78, 5) is 15.1. The third kappa shape index (κ3) is 3.56. The predicted molar refractivity (Wildman–Crippen MR) is 104 cm³/mol. The van der Waals surface area contributed by atoms with Crippen LogP contribution in [0.5, 0.6) is 0 Å². The zero-order chi connectivity index (χ0) is 17.9. The van der Waals surface area contributed by atoms with Gasteiger partial charge in [-0.15, -0.1) is 0 Å². The molecule has 4 rings (SSSR count). The van der Waals surface area contributed by atoms with Crippen LogP contribution in [0.3, 0.4) is 0 Å². The van der Waals surface area contributed by atoms with Gasteiger partial charge in [-0.1, -0.05) is 60.2 Å². The number of aryl methyl sites for hydroxylation is 1. The highest BCUT2D eigenvalue weighted by molar-refractivity contribution is 6.02. The van der Waals surface area contributed by atoms with Crippen molar-refractivity contribution in [3.05, 3.63) is 71.3 Å². The average Bonchev–Trinajstić information content (AvgIpc) is 3.32. The van der Waals surface area contributed by atoms with Crippen molar-refractivity contribution in [2.24, 2.45) is 5.10 Å². The van der Waals surface area contributed by atoms with E-state index in [2.05, 4.69) is 53.3 Å². The molecule has 2 heterocycles. The molecule has 1 atom stereocenters. The standard InChI is InChI=1S/C22H25N3O/c1-17-7-5-10-19(15-17)21-11-6-13-24(21)16-22(26)25-14-12-20(23-25)18-8-3-2-4-9-18/h2-5,7-10,15,21H,6,11-14,16H2,1H3/t21-/m1/s1. The van der Waals surface area contributed by atoms with E-state index >= 15 is 0 Å². The number of amides is 1. The van der Waals surface area contributed by atoms with Crippen molar-refractivity contribution in [1.29, 1.82) is 0 Å². The average molecular weight is 347 g/mol. The summed E-state index contributed by atoms with van der Waals surface area (Å²) in [6, 6.07) is 19.1. The molecule has 2 aromatic rings. The van der Waals surface area contributed by atoms with E-state index in [1.54, 1.807) is 5.01 Å². The third-order valence-electron chi connectivity index (χ3n) is 5.33. The molecule has 0 N–H and O–H groups in total. The second-order valence-corrected chi connectivity index (χ2v) is 7.22. The number of hydrazone groups is 1. The summed E-state index contributed by atoms with van der Waals surface area (Å²) in [6.07, 6.45) is 3.09. The minimum Gasteiger partial charge on any atom is -0.287 e. The topological polar surface area (TPSA) is 35.9 Å². The molecule has 2 aliphatic heterocycles. The minimum atomic E-state index is 0.107. The van der Waals surface area contributed by atoms with E-state index in [4.69, 9.17) is 0 Å². The van der Waals surface area contributed by atoms with Gasteiger partial charge in [-0.05, 0) is 37.4 Å². The second-order valence-electron chi connectivity index (χ2n) is 7.22. The molecule has 4 nitrogen and oxygen atoms in total. The van der Waals surface area contributed by atoms with Crippen molar-refractivity contribution in [3.63, 3.8) is 0 Å². The monoisotopic (exact) mass is 347 g/mol. The molecule has 0 spiro atoms. The van der Waals surface area contributed by atoms with Crippen LogP contribution < -0.4 is 0 Å². The van der Waals surface area contributed by atoms with E-state index in [0.29, 0.717) is 19.1 Å². The number of benzene rings is 2. The second kappa shape index (κ2) is 7.42. The lowest BCUT2D eigenvalue weighted by Gasteiger charge is -2.25. The zero-order valence-electron chi connectivity index (χ0n) is 15.3. The van der Waals surface area contributed by atoms with Crippen LogP contribution in [0.15, 0.2) is 59.7 Å². The Bertz CT molecular complexity index is 815. The van der Waals surface area contributed by atoms with E-state index < -0.39 is 0 Å². The summed E-state index contributed by atoms with van der Waals surface area (Å²) >= 11 is 0. The maximum Gasteiger partial charge on any atom is 0.256 e. The van der Waals surface area contributed by atoms with Gasteiger partial charge < -0.3 is 0 Å². The Balaban J connectivity index is 1.44. The van der Waals surface area contributed by atoms with E-state index in [0.717, 1.165) is 37.1 Å². The van der Waals surface area contributed by atoms with Crippen molar-refractivity contribution in [3.8, 4) is 0 Å². The number of hydrogen-bond acceptors (Lipinski definition) is 3. The molecule has 0 aromatic heterocycles. The maximum absolute atomic E-state index is 12.8. The van der Waals surface area contributed by atoms with E-state index in [9.17, 15) is 4.79 Å². The fraction of sp³-hybridized carbons (Fsp3) is 0.364. The highest BCUT2D eigenvalue weighted by Gasteiger charge is 2.30. The first-order chi connectivity index (χ1) is 12.7. The zero-order valence-corrected chi connectivity index (χ0v) is 15.3. The van der Waals surface area contributed by atoms with Gasteiger partial charge in [0.05, 0.1) is 18.8 Å². The Hall–Kier alpha value is -2.46. The number of carbonyl (C=O) groups excluding carboxylic acids is 1. The molecule has 134 valence electrons. The number of hydrogen-bond donors (Lipinski definition) is 0. The molecule has 2 aliphatic rings. The predicted octanol–water partition coefficient (Wildman–Crippen LogP) is 3.77. The summed E-state index contributed by atoms with van der Waals surface area (Å²) < 4.78 is 0. The SMILES string of the molecule is Cc1cccc([C@H]2CCCN2CC(=O)N2CCC(c3ccccc3)=N2)c1. The molecule has 0 bridgehead atoms. The van der Waals surface area contributed by atoms with Crippen molar-refractivity contribution < 1.29 is 4.79 Å². The van der Waals surface area contributed by atoms with Gasteiger partial charge in [0.25, 0.3) is 5.91 Å². The van der Waals surface area contributed by atoms with Crippen LogP contribution in [-0.2, 0) is 4.79 Å².